The van der Waals surface area contributed by atoms with Crippen LogP contribution in [-0.4, -0.2) is 11.4 Å². The number of amides is 1. The maximum atomic E-state index is 12.5. The van der Waals surface area contributed by atoms with Gasteiger partial charge < -0.3 is 5.32 Å². The van der Waals surface area contributed by atoms with E-state index in [-0.39, 0.29) is 11.4 Å². The van der Waals surface area contributed by atoms with Gasteiger partial charge in [0, 0.05) is 24.6 Å². The first-order valence-electron chi connectivity index (χ1n) is 8.38. The molecule has 4 bridgehead atoms. The van der Waals surface area contributed by atoms with E-state index in [0.29, 0.717) is 6.54 Å². The van der Waals surface area contributed by atoms with Gasteiger partial charge in [0.2, 0.25) is 6.54 Å². The van der Waals surface area contributed by atoms with Crippen LogP contribution in [0.25, 0.3) is 0 Å². The lowest BCUT2D eigenvalue weighted by atomic mass is 9.53. The third-order valence-corrected chi connectivity index (χ3v) is 5.92. The summed E-state index contributed by atoms with van der Waals surface area (Å²) in [6.45, 7) is 2.51. The molecule has 4 aliphatic carbocycles. The Labute approximate surface area is 126 Å². The van der Waals surface area contributed by atoms with E-state index in [0.717, 1.165) is 23.4 Å². The molecular weight excluding hydrogens is 260 g/mol. The molecule has 0 spiro atoms. The van der Waals surface area contributed by atoms with E-state index in [1.54, 1.807) is 0 Å². The highest BCUT2D eigenvalue weighted by Gasteiger charge is 2.51. The quantitative estimate of drug-likeness (QED) is 0.850. The van der Waals surface area contributed by atoms with Crippen molar-refractivity contribution >= 4 is 5.91 Å². The van der Waals surface area contributed by atoms with Gasteiger partial charge in [0.1, 0.15) is 0 Å². The van der Waals surface area contributed by atoms with E-state index >= 15 is 0 Å². The van der Waals surface area contributed by atoms with Crippen LogP contribution in [0.3, 0.4) is 0 Å². The summed E-state index contributed by atoms with van der Waals surface area (Å²) in [7, 11) is 0. The number of aryl methyl sites for hydroxylation is 1. The molecule has 0 radical (unpaired) electrons. The SMILES string of the molecule is Cc1cccc[n+]1CC(=O)NC12CC3CC(CC(C3)C1)C2. The van der Waals surface area contributed by atoms with E-state index in [1.165, 1.54) is 38.5 Å². The Hall–Kier alpha value is -1.38. The molecule has 5 rings (SSSR count). The molecule has 0 aliphatic heterocycles. The number of aromatic nitrogens is 1. The molecule has 21 heavy (non-hydrogen) atoms. The second-order valence-electron chi connectivity index (χ2n) is 7.72. The van der Waals surface area contributed by atoms with E-state index in [4.69, 9.17) is 0 Å². The number of hydrogen-bond acceptors (Lipinski definition) is 1. The van der Waals surface area contributed by atoms with Gasteiger partial charge in [-0.1, -0.05) is 6.07 Å². The molecule has 1 aromatic rings. The molecule has 1 N–H and O–H groups in total. The van der Waals surface area contributed by atoms with Gasteiger partial charge in [0.25, 0.3) is 5.91 Å². The molecule has 1 aromatic heterocycles. The van der Waals surface area contributed by atoms with Crippen LogP contribution in [0, 0.1) is 24.7 Å². The minimum Gasteiger partial charge on any atom is -0.345 e. The zero-order chi connectivity index (χ0) is 14.4. The summed E-state index contributed by atoms with van der Waals surface area (Å²) in [5.74, 6) is 2.82. The molecule has 0 aromatic carbocycles. The van der Waals surface area contributed by atoms with Gasteiger partial charge in [-0.05, 0) is 56.3 Å². The number of rotatable bonds is 3. The van der Waals surface area contributed by atoms with Gasteiger partial charge in [0.05, 0.1) is 0 Å². The van der Waals surface area contributed by atoms with Crippen molar-refractivity contribution in [1.29, 1.82) is 0 Å². The lowest BCUT2D eigenvalue weighted by molar-refractivity contribution is -0.690. The van der Waals surface area contributed by atoms with Crippen molar-refractivity contribution in [1.82, 2.24) is 5.32 Å². The fourth-order valence-corrected chi connectivity index (χ4v) is 5.49. The van der Waals surface area contributed by atoms with Crippen LogP contribution in [0.4, 0.5) is 0 Å². The van der Waals surface area contributed by atoms with Crippen molar-refractivity contribution in [3.05, 3.63) is 30.1 Å². The second kappa shape index (κ2) is 4.82. The van der Waals surface area contributed by atoms with Gasteiger partial charge in [0.15, 0.2) is 11.9 Å². The Bertz CT molecular complexity index is 531. The van der Waals surface area contributed by atoms with Crippen LogP contribution >= 0.6 is 0 Å². The largest absolute Gasteiger partial charge is 0.345 e. The normalized spacial score (nSPS) is 36.7. The molecule has 4 saturated carbocycles. The second-order valence-corrected chi connectivity index (χ2v) is 7.72. The Morgan fingerprint density at radius 1 is 1.19 bits per heavy atom. The van der Waals surface area contributed by atoms with Crippen molar-refractivity contribution < 1.29 is 9.36 Å². The lowest BCUT2D eigenvalue weighted by Gasteiger charge is -2.56. The highest BCUT2D eigenvalue weighted by molar-refractivity contribution is 5.75. The number of pyridine rings is 1. The molecule has 4 fully saturated rings. The molecular formula is C18H25N2O+. The van der Waals surface area contributed by atoms with Gasteiger partial charge in [-0.2, -0.15) is 4.57 Å². The summed E-state index contributed by atoms with van der Waals surface area (Å²) in [5.41, 5.74) is 1.27. The highest BCUT2D eigenvalue weighted by Crippen LogP contribution is 2.55. The number of nitrogens with one attached hydrogen (secondary N) is 1. The van der Waals surface area contributed by atoms with E-state index in [2.05, 4.69) is 18.3 Å². The van der Waals surface area contributed by atoms with Crippen molar-refractivity contribution in [3.63, 3.8) is 0 Å². The summed E-state index contributed by atoms with van der Waals surface area (Å²) in [4.78, 5) is 12.5. The third kappa shape index (κ3) is 2.47. The Balaban J connectivity index is 1.46. The molecule has 1 heterocycles. The standard InChI is InChI=1S/C18H24N2O/c1-13-4-2-3-5-20(13)12-17(21)19-18-9-14-6-15(10-18)8-16(7-14)11-18/h2-5,14-16H,6-12H2,1H3/p+1. The summed E-state index contributed by atoms with van der Waals surface area (Å²) >= 11 is 0. The van der Waals surface area contributed by atoms with Crippen molar-refractivity contribution in [2.45, 2.75) is 57.5 Å². The summed E-state index contributed by atoms with van der Waals surface area (Å²) < 4.78 is 2.04. The maximum Gasteiger partial charge on any atom is 0.286 e. The molecule has 3 nitrogen and oxygen atoms in total. The zero-order valence-electron chi connectivity index (χ0n) is 12.8. The smallest absolute Gasteiger partial charge is 0.286 e. The minimum atomic E-state index is 0.134. The first-order valence-corrected chi connectivity index (χ1v) is 8.38. The predicted molar refractivity (Wildman–Crippen MR) is 80.4 cm³/mol. The minimum absolute atomic E-state index is 0.134. The molecule has 1 amide bonds. The average Bonchev–Trinajstić information content (AvgIpc) is 2.39. The van der Waals surface area contributed by atoms with Crippen LogP contribution < -0.4 is 9.88 Å². The molecule has 3 heteroatoms. The molecule has 0 unspecified atom stereocenters. The average molecular weight is 285 g/mol. The molecule has 0 atom stereocenters. The molecule has 4 aliphatic rings. The fourth-order valence-electron chi connectivity index (χ4n) is 5.49. The van der Waals surface area contributed by atoms with Gasteiger partial charge in [-0.3, -0.25) is 4.79 Å². The zero-order valence-corrected chi connectivity index (χ0v) is 12.8. The Morgan fingerprint density at radius 3 is 2.38 bits per heavy atom. The van der Waals surface area contributed by atoms with Crippen molar-refractivity contribution in [2.75, 3.05) is 0 Å². The molecule has 0 saturated heterocycles. The number of carbonyl (C=O) groups is 1. The molecule has 112 valence electrons. The fraction of sp³-hybridized carbons (Fsp3) is 0.667. The van der Waals surface area contributed by atoms with Crippen LogP contribution in [0.1, 0.15) is 44.2 Å². The summed E-state index contributed by atoms with van der Waals surface area (Å²) in [5, 5.41) is 3.44. The highest BCUT2D eigenvalue weighted by atomic mass is 16.2. The van der Waals surface area contributed by atoms with E-state index in [1.807, 2.05) is 22.9 Å². The van der Waals surface area contributed by atoms with E-state index < -0.39 is 0 Å². The van der Waals surface area contributed by atoms with Crippen LogP contribution in [-0.2, 0) is 11.3 Å². The predicted octanol–water partition coefficient (Wildman–Crippen LogP) is 2.37. The van der Waals surface area contributed by atoms with Gasteiger partial charge in [-0.15, -0.1) is 0 Å². The first-order chi connectivity index (χ1) is 10.1. The van der Waals surface area contributed by atoms with Crippen LogP contribution in [0.5, 0.6) is 0 Å². The maximum absolute atomic E-state index is 12.5. The topological polar surface area (TPSA) is 33.0 Å². The number of hydrogen-bond donors (Lipinski definition) is 1. The Kier molecular flexibility index (Phi) is 3.05. The monoisotopic (exact) mass is 285 g/mol. The van der Waals surface area contributed by atoms with Crippen molar-refractivity contribution in [2.24, 2.45) is 17.8 Å². The Morgan fingerprint density at radius 2 is 1.81 bits per heavy atom. The van der Waals surface area contributed by atoms with Crippen LogP contribution in [0.2, 0.25) is 0 Å². The lowest BCUT2D eigenvalue weighted by Crippen LogP contribution is -2.61. The first kappa shape index (κ1) is 13.3. The van der Waals surface area contributed by atoms with Gasteiger partial charge >= 0.3 is 0 Å². The van der Waals surface area contributed by atoms with Crippen LogP contribution in [0.15, 0.2) is 24.4 Å². The number of nitrogens with zero attached hydrogens (tertiary/aromatic N) is 1. The number of carbonyl (C=O) groups excluding carboxylic acids is 1. The van der Waals surface area contributed by atoms with Crippen molar-refractivity contribution in [3.8, 4) is 0 Å². The van der Waals surface area contributed by atoms with Gasteiger partial charge in [-0.25, -0.2) is 0 Å². The third-order valence-electron chi connectivity index (χ3n) is 5.92. The summed E-state index contributed by atoms with van der Waals surface area (Å²) in [6, 6.07) is 6.06. The summed E-state index contributed by atoms with van der Waals surface area (Å²) in [6.07, 6.45) is 9.93. The van der Waals surface area contributed by atoms with E-state index in [9.17, 15) is 4.79 Å².